The van der Waals surface area contributed by atoms with Crippen LogP contribution in [0.25, 0.3) is 0 Å². The summed E-state index contributed by atoms with van der Waals surface area (Å²) < 4.78 is 8.17. The van der Waals surface area contributed by atoms with Crippen LogP contribution in [0.15, 0.2) is 12.4 Å². The van der Waals surface area contributed by atoms with Crippen LogP contribution in [0.5, 0.6) is 0 Å². The molecule has 0 amide bonds. The molecule has 1 aliphatic carbocycles. The van der Waals surface area contributed by atoms with Gasteiger partial charge in [0.05, 0.1) is 11.8 Å². The molecular formula is C17H29N3O. The van der Waals surface area contributed by atoms with Crippen LogP contribution in [-0.4, -0.2) is 28.5 Å². The summed E-state index contributed by atoms with van der Waals surface area (Å²) in [6, 6.07) is 0.423. The zero-order valence-corrected chi connectivity index (χ0v) is 13.5. The molecule has 2 fully saturated rings. The Morgan fingerprint density at radius 2 is 2.24 bits per heavy atom. The van der Waals surface area contributed by atoms with Crippen molar-refractivity contribution in [3.05, 3.63) is 18.0 Å². The predicted molar refractivity (Wildman–Crippen MR) is 84.1 cm³/mol. The van der Waals surface area contributed by atoms with Crippen LogP contribution in [0.2, 0.25) is 0 Å². The lowest BCUT2D eigenvalue weighted by Gasteiger charge is -2.45. The number of ether oxygens (including phenoxy) is 1. The minimum absolute atomic E-state index is 0.178. The maximum atomic E-state index is 6.26. The van der Waals surface area contributed by atoms with Gasteiger partial charge in [0.15, 0.2) is 0 Å². The second-order valence-electron chi connectivity index (χ2n) is 6.83. The second-order valence-corrected chi connectivity index (χ2v) is 6.83. The van der Waals surface area contributed by atoms with E-state index in [-0.39, 0.29) is 5.60 Å². The monoisotopic (exact) mass is 291 g/mol. The van der Waals surface area contributed by atoms with E-state index in [4.69, 9.17) is 4.74 Å². The molecule has 0 bridgehead atoms. The largest absolute Gasteiger partial charge is 0.375 e. The van der Waals surface area contributed by atoms with Crippen molar-refractivity contribution in [2.45, 2.75) is 63.5 Å². The molecule has 2 atom stereocenters. The van der Waals surface area contributed by atoms with Crippen LogP contribution in [0.1, 0.15) is 63.5 Å². The molecule has 21 heavy (non-hydrogen) atoms. The third-order valence-corrected chi connectivity index (χ3v) is 5.28. The first-order valence-corrected chi connectivity index (χ1v) is 8.58. The number of nitrogens with one attached hydrogen (secondary N) is 1. The van der Waals surface area contributed by atoms with Gasteiger partial charge in [-0.15, -0.1) is 0 Å². The van der Waals surface area contributed by atoms with E-state index in [1.807, 2.05) is 17.9 Å². The Kier molecular flexibility index (Phi) is 4.65. The van der Waals surface area contributed by atoms with Gasteiger partial charge in [0.25, 0.3) is 0 Å². The maximum absolute atomic E-state index is 6.26. The number of hydrogen-bond donors (Lipinski definition) is 1. The second kappa shape index (κ2) is 6.49. The zero-order valence-electron chi connectivity index (χ0n) is 13.5. The molecule has 1 aromatic rings. The molecule has 0 radical (unpaired) electrons. The highest BCUT2D eigenvalue weighted by Crippen LogP contribution is 2.44. The molecule has 0 aromatic carbocycles. The Morgan fingerprint density at radius 1 is 1.43 bits per heavy atom. The van der Waals surface area contributed by atoms with Gasteiger partial charge in [0.1, 0.15) is 0 Å². The topological polar surface area (TPSA) is 39.1 Å². The van der Waals surface area contributed by atoms with E-state index in [1.54, 1.807) is 0 Å². The zero-order chi connectivity index (χ0) is 14.7. The van der Waals surface area contributed by atoms with Crippen molar-refractivity contribution in [2.24, 2.45) is 13.0 Å². The number of aromatic nitrogens is 2. The van der Waals surface area contributed by atoms with E-state index in [0.29, 0.717) is 12.0 Å². The van der Waals surface area contributed by atoms with Crippen molar-refractivity contribution in [3.63, 3.8) is 0 Å². The standard InChI is InChI=1S/C17H29N3O/c1-3-18-16(15-12-19-20(2)13-15)14-7-10-21-17(11-14)8-5-4-6-9-17/h12-14,16,18H,3-11H2,1-2H3. The Morgan fingerprint density at radius 3 is 2.90 bits per heavy atom. The van der Waals surface area contributed by atoms with Gasteiger partial charge < -0.3 is 10.1 Å². The predicted octanol–water partition coefficient (Wildman–Crippen LogP) is 3.20. The van der Waals surface area contributed by atoms with Crippen LogP contribution >= 0.6 is 0 Å². The first-order chi connectivity index (χ1) is 10.2. The van der Waals surface area contributed by atoms with E-state index >= 15 is 0 Å². The molecule has 1 saturated carbocycles. The van der Waals surface area contributed by atoms with Crippen molar-refractivity contribution in [1.82, 2.24) is 15.1 Å². The van der Waals surface area contributed by atoms with Crippen LogP contribution in [0, 0.1) is 5.92 Å². The normalized spacial score (nSPS) is 26.9. The number of nitrogens with zero attached hydrogens (tertiary/aromatic N) is 2. The van der Waals surface area contributed by atoms with Crippen molar-refractivity contribution >= 4 is 0 Å². The first kappa shape index (κ1) is 15.0. The fourth-order valence-corrected chi connectivity index (χ4v) is 4.27. The first-order valence-electron chi connectivity index (χ1n) is 8.58. The Bertz CT molecular complexity index is 445. The van der Waals surface area contributed by atoms with E-state index < -0.39 is 0 Å². The fraction of sp³-hybridized carbons (Fsp3) is 0.824. The molecule has 2 aliphatic rings. The molecule has 1 spiro atoms. The summed E-state index contributed by atoms with van der Waals surface area (Å²) in [5.74, 6) is 0.668. The summed E-state index contributed by atoms with van der Waals surface area (Å²) in [7, 11) is 2.00. The summed E-state index contributed by atoms with van der Waals surface area (Å²) in [4.78, 5) is 0. The summed E-state index contributed by atoms with van der Waals surface area (Å²) in [6.07, 6.45) is 13.1. The average molecular weight is 291 g/mol. The van der Waals surface area contributed by atoms with Crippen molar-refractivity contribution < 1.29 is 4.74 Å². The van der Waals surface area contributed by atoms with Gasteiger partial charge in [-0.2, -0.15) is 5.10 Å². The Hall–Kier alpha value is -0.870. The van der Waals surface area contributed by atoms with Gasteiger partial charge in [0.2, 0.25) is 0 Å². The summed E-state index contributed by atoms with van der Waals surface area (Å²) in [5, 5.41) is 8.06. The average Bonchev–Trinajstić information content (AvgIpc) is 2.92. The summed E-state index contributed by atoms with van der Waals surface area (Å²) in [5.41, 5.74) is 1.51. The third-order valence-electron chi connectivity index (χ3n) is 5.28. The molecule has 3 rings (SSSR count). The van der Waals surface area contributed by atoms with Crippen molar-refractivity contribution in [3.8, 4) is 0 Å². The molecule has 1 N–H and O–H groups in total. The number of aryl methyl sites for hydroxylation is 1. The highest BCUT2D eigenvalue weighted by Gasteiger charge is 2.41. The molecule has 1 saturated heterocycles. The van der Waals surface area contributed by atoms with Gasteiger partial charge >= 0.3 is 0 Å². The van der Waals surface area contributed by atoms with Gasteiger partial charge in [-0.05, 0) is 38.1 Å². The summed E-state index contributed by atoms with van der Waals surface area (Å²) in [6.45, 7) is 4.12. The SMILES string of the molecule is CCNC(c1cnn(C)c1)C1CCOC2(CCCCC2)C1. The summed E-state index contributed by atoms with van der Waals surface area (Å²) >= 11 is 0. The molecule has 4 nitrogen and oxygen atoms in total. The van der Waals surface area contributed by atoms with E-state index in [1.165, 1.54) is 44.1 Å². The quantitative estimate of drug-likeness (QED) is 0.926. The van der Waals surface area contributed by atoms with Crippen LogP contribution in [0.4, 0.5) is 0 Å². The fourth-order valence-electron chi connectivity index (χ4n) is 4.27. The molecule has 118 valence electrons. The van der Waals surface area contributed by atoms with E-state index in [9.17, 15) is 0 Å². The maximum Gasteiger partial charge on any atom is 0.0686 e. The molecular weight excluding hydrogens is 262 g/mol. The highest BCUT2D eigenvalue weighted by atomic mass is 16.5. The lowest BCUT2D eigenvalue weighted by molar-refractivity contribution is -0.122. The van der Waals surface area contributed by atoms with Crippen LogP contribution in [-0.2, 0) is 11.8 Å². The minimum atomic E-state index is 0.178. The van der Waals surface area contributed by atoms with Gasteiger partial charge in [0, 0.05) is 31.5 Å². The molecule has 2 unspecified atom stereocenters. The molecule has 2 heterocycles. The highest BCUT2D eigenvalue weighted by molar-refractivity contribution is 5.13. The Balaban J connectivity index is 1.75. The lowest BCUT2D eigenvalue weighted by Crippen LogP contribution is -2.44. The van der Waals surface area contributed by atoms with Crippen molar-refractivity contribution in [2.75, 3.05) is 13.2 Å². The van der Waals surface area contributed by atoms with Gasteiger partial charge in [-0.3, -0.25) is 4.68 Å². The van der Waals surface area contributed by atoms with Crippen LogP contribution < -0.4 is 5.32 Å². The molecule has 4 heteroatoms. The van der Waals surface area contributed by atoms with Gasteiger partial charge in [-0.25, -0.2) is 0 Å². The lowest BCUT2D eigenvalue weighted by atomic mass is 9.73. The minimum Gasteiger partial charge on any atom is -0.375 e. The molecule has 1 aromatic heterocycles. The third kappa shape index (κ3) is 3.32. The van der Waals surface area contributed by atoms with E-state index in [2.05, 4.69) is 23.5 Å². The smallest absolute Gasteiger partial charge is 0.0686 e. The number of rotatable bonds is 4. The van der Waals surface area contributed by atoms with E-state index in [0.717, 1.165) is 19.6 Å². The number of hydrogen-bond acceptors (Lipinski definition) is 3. The van der Waals surface area contributed by atoms with Gasteiger partial charge in [-0.1, -0.05) is 26.2 Å². The Labute approximate surface area is 128 Å². The molecule has 1 aliphatic heterocycles. The van der Waals surface area contributed by atoms with Crippen molar-refractivity contribution in [1.29, 1.82) is 0 Å². The van der Waals surface area contributed by atoms with Crippen LogP contribution in [0.3, 0.4) is 0 Å².